The van der Waals surface area contributed by atoms with Crippen molar-refractivity contribution in [3.05, 3.63) is 35.1 Å². The van der Waals surface area contributed by atoms with Gasteiger partial charge in [-0.3, -0.25) is 4.90 Å². The van der Waals surface area contributed by atoms with Crippen LogP contribution in [0.5, 0.6) is 0 Å². The van der Waals surface area contributed by atoms with Crippen molar-refractivity contribution in [3.63, 3.8) is 0 Å². The minimum absolute atomic E-state index is 0.183. The zero-order chi connectivity index (χ0) is 25.6. The van der Waals surface area contributed by atoms with Gasteiger partial charge in [0.05, 0.1) is 5.56 Å². The average molecular weight is 494 g/mol. The molecule has 0 radical (unpaired) electrons. The van der Waals surface area contributed by atoms with Crippen LogP contribution in [0.15, 0.2) is 18.2 Å². The quantitative estimate of drug-likeness (QED) is 0.348. The molecule has 2 fully saturated rings. The molecule has 8 nitrogen and oxygen atoms in total. The molecule has 1 heterocycles. The van der Waals surface area contributed by atoms with Gasteiger partial charge < -0.3 is 25.7 Å². The van der Waals surface area contributed by atoms with Gasteiger partial charge in [0.1, 0.15) is 5.82 Å². The summed E-state index contributed by atoms with van der Waals surface area (Å²) in [4.78, 5) is 21.8. The molecule has 3 unspecified atom stereocenters. The zero-order valence-corrected chi connectivity index (χ0v) is 18.6. The average Bonchev–Trinajstić information content (AvgIpc) is 3.60. The predicted octanol–water partition coefficient (Wildman–Crippen LogP) is 2.25. The lowest BCUT2D eigenvalue weighted by molar-refractivity contribution is -0.165. The topological polar surface area (TPSA) is 130 Å². The highest BCUT2D eigenvalue weighted by Gasteiger charge is 2.38. The Bertz CT molecular complexity index is 825. The van der Waals surface area contributed by atoms with Gasteiger partial charge in [-0.25, -0.2) is 14.0 Å². The summed E-state index contributed by atoms with van der Waals surface area (Å²) in [5.41, 5.74) is -0.659. The van der Waals surface area contributed by atoms with Crippen LogP contribution >= 0.6 is 0 Å². The first-order chi connectivity index (χ1) is 15.8. The molecular weight excluding hydrogens is 464 g/mol. The fourth-order valence-electron chi connectivity index (χ4n) is 3.95. The minimum Gasteiger partial charge on any atom is -0.479 e. The third-order valence-corrected chi connectivity index (χ3v) is 6.02. The summed E-state index contributed by atoms with van der Waals surface area (Å²) in [7, 11) is 0. The highest BCUT2D eigenvalue weighted by atomic mass is 19.4. The molecule has 192 valence electrons. The minimum atomic E-state index is -4.54. The van der Waals surface area contributed by atoms with Gasteiger partial charge in [0, 0.05) is 18.6 Å². The van der Waals surface area contributed by atoms with E-state index < -0.39 is 41.7 Å². The summed E-state index contributed by atoms with van der Waals surface area (Å²) in [5.74, 6) is -3.78. The molecule has 34 heavy (non-hydrogen) atoms. The van der Waals surface area contributed by atoms with Crippen molar-refractivity contribution >= 4 is 11.9 Å². The molecule has 0 aromatic heterocycles. The molecule has 1 aromatic carbocycles. The molecule has 1 saturated heterocycles. The Hall–Kier alpha value is -2.28. The summed E-state index contributed by atoms with van der Waals surface area (Å²) in [6.07, 6.45) is -4.87. The first-order valence-electron chi connectivity index (χ1n) is 11.0. The highest BCUT2D eigenvalue weighted by molar-refractivity contribution is 5.83. The number of halogens is 4. The third kappa shape index (κ3) is 7.90. The number of aliphatic carboxylic acids is 2. The molecule has 12 heteroatoms. The van der Waals surface area contributed by atoms with Crippen molar-refractivity contribution in [3.8, 4) is 0 Å². The predicted molar refractivity (Wildman–Crippen MR) is 112 cm³/mol. The summed E-state index contributed by atoms with van der Waals surface area (Å²) in [6, 6.07) is 2.99. The highest BCUT2D eigenvalue weighted by Crippen LogP contribution is 2.40. The Morgan fingerprint density at radius 2 is 1.59 bits per heavy atom. The van der Waals surface area contributed by atoms with E-state index in [-0.39, 0.29) is 17.6 Å². The number of alkyl halides is 3. The fraction of sp³-hybridized carbons (Fsp3) is 0.636. The van der Waals surface area contributed by atoms with Crippen molar-refractivity contribution in [2.24, 2.45) is 5.92 Å². The number of carbonyl (C=O) groups is 2. The number of aliphatic hydroxyl groups is 2. The van der Waals surface area contributed by atoms with Crippen LogP contribution in [0.2, 0.25) is 0 Å². The number of carboxylic acids is 2. The van der Waals surface area contributed by atoms with Crippen LogP contribution in [0.3, 0.4) is 0 Å². The van der Waals surface area contributed by atoms with Crippen LogP contribution in [0.25, 0.3) is 0 Å². The molecule has 0 spiro atoms. The van der Waals surface area contributed by atoms with Crippen molar-refractivity contribution in [1.82, 2.24) is 10.2 Å². The second-order valence-electron chi connectivity index (χ2n) is 8.59. The maximum Gasteiger partial charge on any atom is 0.416 e. The first-order valence-corrected chi connectivity index (χ1v) is 11.0. The van der Waals surface area contributed by atoms with Crippen LogP contribution in [0.1, 0.15) is 49.8 Å². The molecule has 2 aliphatic rings. The lowest BCUT2D eigenvalue weighted by atomic mass is 9.95. The largest absolute Gasteiger partial charge is 0.479 e. The van der Waals surface area contributed by atoms with E-state index in [0.717, 1.165) is 51.4 Å². The molecule has 1 aliphatic heterocycles. The first kappa shape index (κ1) is 28.0. The standard InChI is InChI=1S/C18H24F4N2.C4H6O6/c1-12(16-5-4-14(19)10-17(16)18(20,21)22)24(11-13-2-3-13)15-6-8-23-9-7-15;5-1(3(7)8)2(6)4(9)10/h4-5,10,12-13,15,23H,2-3,6-9,11H2,1H3;1-2,5-6H,(H,7,8)(H,9,10). The maximum atomic E-state index is 13.4. The van der Waals surface area contributed by atoms with Crippen LogP contribution in [-0.4, -0.2) is 75.1 Å². The molecule has 5 N–H and O–H groups in total. The monoisotopic (exact) mass is 494 g/mol. The number of hydrogen-bond donors (Lipinski definition) is 5. The van der Waals surface area contributed by atoms with Crippen LogP contribution in [0, 0.1) is 11.7 Å². The number of nitrogens with zero attached hydrogens (tertiary/aromatic N) is 1. The smallest absolute Gasteiger partial charge is 0.416 e. The molecule has 3 rings (SSSR count). The van der Waals surface area contributed by atoms with Gasteiger partial charge in [-0.1, -0.05) is 6.07 Å². The molecule has 1 aromatic rings. The lowest BCUT2D eigenvalue weighted by Gasteiger charge is -2.40. The van der Waals surface area contributed by atoms with E-state index in [9.17, 15) is 27.2 Å². The number of nitrogens with one attached hydrogen (secondary N) is 1. The SMILES string of the molecule is CC(c1ccc(F)cc1C(F)(F)F)N(CC1CC1)C1CCNCC1.O=C(O)C(O)C(O)C(=O)O. The molecule has 3 atom stereocenters. The summed E-state index contributed by atoms with van der Waals surface area (Å²) in [5, 5.41) is 35.8. The Kier molecular flexibility index (Phi) is 9.80. The van der Waals surface area contributed by atoms with E-state index in [4.69, 9.17) is 20.4 Å². The molecule has 0 amide bonds. The number of rotatable bonds is 8. The second-order valence-corrected chi connectivity index (χ2v) is 8.59. The van der Waals surface area contributed by atoms with E-state index in [1.807, 2.05) is 6.92 Å². The Morgan fingerprint density at radius 1 is 1.06 bits per heavy atom. The summed E-state index contributed by atoms with van der Waals surface area (Å²) >= 11 is 0. The Morgan fingerprint density at radius 3 is 2.03 bits per heavy atom. The van der Waals surface area contributed by atoms with Gasteiger partial charge in [-0.2, -0.15) is 13.2 Å². The maximum absolute atomic E-state index is 13.4. The van der Waals surface area contributed by atoms with E-state index >= 15 is 0 Å². The lowest BCUT2D eigenvalue weighted by Crippen LogP contribution is -2.45. The summed E-state index contributed by atoms with van der Waals surface area (Å²) in [6.45, 7) is 4.45. The van der Waals surface area contributed by atoms with E-state index in [0.29, 0.717) is 12.0 Å². The Labute approximate surface area is 194 Å². The Balaban J connectivity index is 0.000000347. The second kappa shape index (κ2) is 11.9. The molecular formula is C22H30F4N2O6. The number of carboxylic acid groups (broad SMARTS) is 2. The van der Waals surface area contributed by atoms with Gasteiger partial charge in [0.25, 0.3) is 0 Å². The third-order valence-electron chi connectivity index (χ3n) is 6.02. The normalized spacial score (nSPS) is 19.6. The number of aliphatic hydroxyl groups excluding tert-OH is 2. The van der Waals surface area contributed by atoms with Crippen molar-refractivity contribution in [2.75, 3.05) is 19.6 Å². The van der Waals surface area contributed by atoms with E-state index in [1.54, 1.807) is 0 Å². The fourth-order valence-corrected chi connectivity index (χ4v) is 3.95. The van der Waals surface area contributed by atoms with E-state index in [2.05, 4.69) is 10.2 Å². The zero-order valence-electron chi connectivity index (χ0n) is 18.6. The molecule has 1 aliphatic carbocycles. The number of benzene rings is 1. The summed E-state index contributed by atoms with van der Waals surface area (Å²) < 4.78 is 53.5. The van der Waals surface area contributed by atoms with Gasteiger partial charge in [-0.15, -0.1) is 0 Å². The van der Waals surface area contributed by atoms with Crippen molar-refractivity contribution in [2.45, 2.75) is 63.1 Å². The van der Waals surface area contributed by atoms with Gasteiger partial charge in [0.2, 0.25) is 0 Å². The number of piperidine rings is 1. The number of hydrogen-bond acceptors (Lipinski definition) is 6. The van der Waals surface area contributed by atoms with Gasteiger partial charge in [-0.05, 0) is 69.3 Å². The van der Waals surface area contributed by atoms with Crippen molar-refractivity contribution in [1.29, 1.82) is 0 Å². The molecule has 0 bridgehead atoms. The van der Waals surface area contributed by atoms with Crippen LogP contribution in [0.4, 0.5) is 17.6 Å². The molecule has 1 saturated carbocycles. The van der Waals surface area contributed by atoms with Gasteiger partial charge >= 0.3 is 18.1 Å². The van der Waals surface area contributed by atoms with Gasteiger partial charge in [0.15, 0.2) is 12.2 Å². The van der Waals surface area contributed by atoms with Crippen LogP contribution < -0.4 is 5.32 Å². The van der Waals surface area contributed by atoms with E-state index in [1.165, 1.54) is 6.07 Å². The van der Waals surface area contributed by atoms with Crippen LogP contribution in [-0.2, 0) is 15.8 Å². The van der Waals surface area contributed by atoms with Crippen molar-refractivity contribution < 1.29 is 47.6 Å².